The highest BCUT2D eigenvalue weighted by Gasteiger charge is 2.59. The monoisotopic (exact) mass is 545 g/mol. The van der Waals surface area contributed by atoms with Gasteiger partial charge in [-0.15, -0.1) is 0 Å². The molecule has 1 saturated heterocycles. The van der Waals surface area contributed by atoms with Crippen molar-refractivity contribution in [3.63, 3.8) is 0 Å². The third-order valence-electron chi connectivity index (χ3n) is 13.5. The van der Waals surface area contributed by atoms with Gasteiger partial charge in [-0.3, -0.25) is 9.63 Å². The van der Waals surface area contributed by atoms with E-state index in [1.807, 2.05) is 5.06 Å². The van der Waals surface area contributed by atoms with E-state index in [0.717, 1.165) is 56.3 Å². The van der Waals surface area contributed by atoms with Gasteiger partial charge in [-0.2, -0.15) is 0 Å². The lowest BCUT2D eigenvalue weighted by molar-refractivity contribution is -0.190. The van der Waals surface area contributed by atoms with Gasteiger partial charge in [0, 0.05) is 12.3 Å². The number of hydroxylamine groups is 2. The maximum atomic E-state index is 13.6. The summed E-state index contributed by atoms with van der Waals surface area (Å²) in [5.41, 5.74) is 3.50. The van der Waals surface area contributed by atoms with Crippen LogP contribution in [-0.4, -0.2) is 28.2 Å². The molecule has 1 N–H and O–H groups in total. The number of hydrogen-bond donors (Lipinski definition) is 1. The average Bonchev–Trinajstić information content (AvgIpc) is 3.66. The lowest BCUT2D eigenvalue weighted by Gasteiger charge is -2.58. The van der Waals surface area contributed by atoms with Gasteiger partial charge in [0.1, 0.15) is 6.10 Å². The summed E-state index contributed by atoms with van der Waals surface area (Å²) < 4.78 is 0. The van der Waals surface area contributed by atoms with E-state index < -0.39 is 0 Å². The van der Waals surface area contributed by atoms with Crippen molar-refractivity contribution in [2.45, 2.75) is 122 Å². The van der Waals surface area contributed by atoms with Gasteiger partial charge in [-0.25, -0.2) is 5.06 Å². The van der Waals surface area contributed by atoms with Crippen molar-refractivity contribution in [3.05, 3.63) is 47.5 Å². The van der Waals surface area contributed by atoms with Gasteiger partial charge in [0.15, 0.2) is 0 Å². The number of aliphatic hydroxyl groups excluding tert-OH is 1. The second-order valence-electron chi connectivity index (χ2n) is 15.2. The summed E-state index contributed by atoms with van der Waals surface area (Å²) in [6.45, 7) is 7.59. The number of allylic oxidation sites excluding steroid dienone is 1. The predicted molar refractivity (Wildman–Crippen MR) is 158 cm³/mol. The zero-order chi connectivity index (χ0) is 27.6. The van der Waals surface area contributed by atoms with Crippen molar-refractivity contribution in [2.24, 2.45) is 46.3 Å². The van der Waals surface area contributed by atoms with Gasteiger partial charge in [0.05, 0.1) is 12.1 Å². The third-order valence-corrected chi connectivity index (χ3v) is 13.5. The Morgan fingerprint density at radius 2 is 1.85 bits per heavy atom. The largest absolute Gasteiger partial charge is 0.393 e. The van der Waals surface area contributed by atoms with E-state index in [2.05, 4.69) is 57.2 Å². The van der Waals surface area contributed by atoms with Gasteiger partial charge in [0.2, 0.25) is 5.91 Å². The molecule has 1 amide bonds. The van der Waals surface area contributed by atoms with Crippen LogP contribution < -0.4 is 0 Å². The van der Waals surface area contributed by atoms with Crippen LogP contribution in [0.2, 0.25) is 0 Å². The van der Waals surface area contributed by atoms with Crippen LogP contribution >= 0.6 is 0 Å². The summed E-state index contributed by atoms with van der Waals surface area (Å²) in [5, 5.41) is 12.2. The molecule has 1 aliphatic heterocycles. The summed E-state index contributed by atoms with van der Waals surface area (Å²) in [7, 11) is 0. The molecular weight excluding hydrogens is 494 g/mol. The molecule has 1 aromatic carbocycles. The van der Waals surface area contributed by atoms with E-state index in [4.69, 9.17) is 4.84 Å². The highest BCUT2D eigenvalue weighted by Crippen LogP contribution is 2.67. The highest BCUT2D eigenvalue weighted by molar-refractivity contribution is 5.75. The van der Waals surface area contributed by atoms with E-state index in [-0.39, 0.29) is 24.2 Å². The minimum Gasteiger partial charge on any atom is -0.393 e. The fraction of sp³-hybridized carbons (Fsp3) is 0.750. The van der Waals surface area contributed by atoms with E-state index >= 15 is 0 Å². The predicted octanol–water partition coefficient (Wildman–Crippen LogP) is 8.03. The molecule has 0 bridgehead atoms. The first-order chi connectivity index (χ1) is 19.3. The Kier molecular flexibility index (Phi) is 6.98. The first-order valence-electron chi connectivity index (χ1n) is 16.7. The number of amides is 1. The van der Waals surface area contributed by atoms with Crippen LogP contribution in [0.3, 0.4) is 0 Å². The summed E-state index contributed by atoms with van der Waals surface area (Å²) in [6, 6.07) is 10.8. The molecule has 1 unspecified atom stereocenters. The maximum Gasteiger partial charge on any atom is 0.246 e. The Balaban J connectivity index is 1.00. The Morgan fingerprint density at radius 3 is 2.67 bits per heavy atom. The molecule has 11 atom stereocenters. The second kappa shape index (κ2) is 10.3. The smallest absolute Gasteiger partial charge is 0.246 e. The van der Waals surface area contributed by atoms with Crippen LogP contribution in [0.1, 0.15) is 116 Å². The van der Waals surface area contributed by atoms with Crippen molar-refractivity contribution in [2.75, 3.05) is 0 Å². The fourth-order valence-corrected chi connectivity index (χ4v) is 11.4. The summed E-state index contributed by atoms with van der Waals surface area (Å²) in [5.74, 6) is 4.33. The molecule has 218 valence electrons. The molecule has 1 aromatic rings. The SMILES string of the molecule is CC(CCC(=O)N1O[C@H](c2ccccc2)[C@@H]2CCC[C@@H]21)[C@H]1CC[C@H]2[C@@H]3CC=C4C[C@@H](O)CC[C@]4(C)[C@H]3CC[C@]12C. The molecular formula is C36H51NO3. The molecule has 5 aliphatic carbocycles. The number of fused-ring (bicyclic) bond motifs is 6. The lowest BCUT2D eigenvalue weighted by atomic mass is 9.47. The molecule has 4 heteroatoms. The molecule has 6 aliphatic rings. The van der Waals surface area contributed by atoms with Crippen LogP contribution in [0.25, 0.3) is 0 Å². The molecule has 1 heterocycles. The maximum absolute atomic E-state index is 13.6. The topological polar surface area (TPSA) is 49.8 Å². The molecule has 0 radical (unpaired) electrons. The van der Waals surface area contributed by atoms with Crippen LogP contribution in [0, 0.1) is 46.3 Å². The normalized spacial score (nSPS) is 44.8. The molecule has 40 heavy (non-hydrogen) atoms. The zero-order valence-electron chi connectivity index (χ0n) is 25.1. The zero-order valence-corrected chi connectivity index (χ0v) is 25.1. The lowest BCUT2D eigenvalue weighted by Crippen LogP contribution is -2.50. The third kappa shape index (κ3) is 4.25. The Bertz CT molecular complexity index is 1130. The minimum atomic E-state index is -0.126. The Labute approximate surface area is 241 Å². The van der Waals surface area contributed by atoms with Crippen molar-refractivity contribution in [3.8, 4) is 0 Å². The van der Waals surface area contributed by atoms with Crippen molar-refractivity contribution in [1.82, 2.24) is 5.06 Å². The van der Waals surface area contributed by atoms with Crippen LogP contribution in [0.4, 0.5) is 0 Å². The highest BCUT2D eigenvalue weighted by atomic mass is 16.7. The van der Waals surface area contributed by atoms with Crippen LogP contribution in [0.5, 0.6) is 0 Å². The molecule has 7 rings (SSSR count). The number of aliphatic hydroxyl groups is 1. The van der Waals surface area contributed by atoms with Crippen molar-refractivity contribution >= 4 is 5.91 Å². The fourth-order valence-electron chi connectivity index (χ4n) is 11.4. The van der Waals surface area contributed by atoms with Gasteiger partial charge < -0.3 is 5.11 Å². The molecule has 4 saturated carbocycles. The molecule has 0 aromatic heterocycles. The summed E-state index contributed by atoms with van der Waals surface area (Å²) in [4.78, 5) is 20.0. The molecule has 0 spiro atoms. The van der Waals surface area contributed by atoms with E-state index in [1.165, 1.54) is 44.1 Å². The van der Waals surface area contributed by atoms with Crippen molar-refractivity contribution < 1.29 is 14.7 Å². The molecule has 5 fully saturated rings. The quantitative estimate of drug-likeness (QED) is 0.381. The first-order valence-corrected chi connectivity index (χ1v) is 16.7. The van der Waals surface area contributed by atoms with E-state index in [0.29, 0.717) is 35.0 Å². The summed E-state index contributed by atoms with van der Waals surface area (Å²) in [6.07, 6.45) is 17.1. The summed E-state index contributed by atoms with van der Waals surface area (Å²) >= 11 is 0. The van der Waals surface area contributed by atoms with E-state index in [9.17, 15) is 9.90 Å². The van der Waals surface area contributed by atoms with Crippen molar-refractivity contribution in [1.29, 1.82) is 0 Å². The first kappa shape index (κ1) is 27.2. The second-order valence-corrected chi connectivity index (χ2v) is 15.2. The average molecular weight is 546 g/mol. The van der Waals surface area contributed by atoms with Crippen LogP contribution in [0.15, 0.2) is 42.0 Å². The van der Waals surface area contributed by atoms with Gasteiger partial charge >= 0.3 is 0 Å². The number of hydrogen-bond acceptors (Lipinski definition) is 3. The number of rotatable bonds is 5. The number of carbonyl (C=O) groups excluding carboxylic acids is 1. The number of benzene rings is 1. The van der Waals surface area contributed by atoms with E-state index in [1.54, 1.807) is 5.57 Å². The van der Waals surface area contributed by atoms with Crippen LogP contribution in [-0.2, 0) is 9.63 Å². The standard InChI is InChI=1S/C36H51NO3/c1-23(12-17-33(39)37-32-11-7-10-28(32)34(40-37)24-8-5-4-6-9-24)29-15-16-30-27-14-13-25-22-26(38)18-20-35(25,2)31(27)19-21-36(29,30)3/h4-6,8-9,13,23,26-32,34,38H,7,10-12,14-22H2,1-3H3/t23?,26-,27-,28+,29+,30-,31-,32-,34+,35-,36+/m0/s1. The number of carbonyl (C=O) groups is 1. The Morgan fingerprint density at radius 1 is 1.02 bits per heavy atom. The number of nitrogens with zero attached hydrogens (tertiary/aromatic N) is 1. The van der Waals surface area contributed by atoms with Gasteiger partial charge in [-0.05, 0) is 117 Å². The van der Waals surface area contributed by atoms with Gasteiger partial charge in [-0.1, -0.05) is 69.2 Å². The molecule has 4 nitrogen and oxygen atoms in total. The minimum absolute atomic E-state index is 0.0269. The Hall–Kier alpha value is -1.65. The van der Waals surface area contributed by atoms with Gasteiger partial charge in [0.25, 0.3) is 0 Å².